The number of fused-ring (bicyclic) bond motifs is 5. The zero-order chi connectivity index (χ0) is 35.1. The van der Waals surface area contributed by atoms with Crippen LogP contribution in [-0.2, 0) is 0 Å². The lowest BCUT2D eigenvalue weighted by atomic mass is 9.92. The molecule has 0 saturated carbocycles. The number of hydrogen-bond acceptors (Lipinski definition) is 5. The van der Waals surface area contributed by atoms with Crippen LogP contribution < -0.4 is 0 Å². The summed E-state index contributed by atoms with van der Waals surface area (Å²) >= 11 is 0. The number of hydrogen-bond donors (Lipinski definition) is 0. The molecule has 0 bridgehead atoms. The number of aromatic nitrogens is 4. The molecule has 0 aliphatic rings. The first-order valence-electron chi connectivity index (χ1n) is 17.6. The van der Waals surface area contributed by atoms with Crippen LogP contribution in [0.2, 0.25) is 0 Å². The van der Waals surface area contributed by atoms with Crippen molar-refractivity contribution in [1.29, 1.82) is 0 Å². The van der Waals surface area contributed by atoms with Crippen molar-refractivity contribution in [2.75, 3.05) is 0 Å². The molecule has 5 nitrogen and oxygen atoms in total. The molecule has 0 spiro atoms. The van der Waals surface area contributed by atoms with Gasteiger partial charge in [0.1, 0.15) is 11.3 Å². The quantitative estimate of drug-likeness (QED) is 0.175. The second-order valence-electron chi connectivity index (χ2n) is 13.0. The standard InChI is InChI=1S/C48H30N4O/c1-2-13-31(14-3-1)47-48-46(38-19-4-5-24-44(38)53-48)45-37(20-12-23-41(45)52-47)35-18-11-16-33(28-35)32-15-10-17-34(27-32)36-29-42(39-21-6-8-25-49-39)51-43(30-36)40-22-7-9-26-50-40/h1-30H. The van der Waals surface area contributed by atoms with Crippen LogP contribution in [0.15, 0.2) is 187 Å². The Morgan fingerprint density at radius 2 is 0.962 bits per heavy atom. The Morgan fingerprint density at radius 1 is 0.377 bits per heavy atom. The van der Waals surface area contributed by atoms with E-state index < -0.39 is 0 Å². The summed E-state index contributed by atoms with van der Waals surface area (Å²) in [5, 5.41) is 3.24. The van der Waals surface area contributed by atoms with E-state index >= 15 is 0 Å². The maximum Gasteiger partial charge on any atom is 0.162 e. The van der Waals surface area contributed by atoms with E-state index in [4.69, 9.17) is 14.4 Å². The lowest BCUT2D eigenvalue weighted by molar-refractivity contribution is 0.669. The molecule has 5 heteroatoms. The van der Waals surface area contributed by atoms with E-state index in [1.807, 2.05) is 66.7 Å². The van der Waals surface area contributed by atoms with Crippen molar-refractivity contribution in [2.24, 2.45) is 0 Å². The fraction of sp³-hybridized carbons (Fsp3) is 0. The minimum absolute atomic E-state index is 0.800. The van der Waals surface area contributed by atoms with Gasteiger partial charge in [0, 0.05) is 34.1 Å². The third kappa shape index (κ3) is 5.52. The summed E-state index contributed by atoms with van der Waals surface area (Å²) < 4.78 is 6.58. The first kappa shape index (κ1) is 30.6. The van der Waals surface area contributed by atoms with E-state index in [1.165, 1.54) is 0 Å². The maximum absolute atomic E-state index is 6.58. The van der Waals surface area contributed by atoms with Crippen LogP contribution in [0, 0.1) is 0 Å². The van der Waals surface area contributed by atoms with Crippen LogP contribution in [0.5, 0.6) is 0 Å². The van der Waals surface area contributed by atoms with Gasteiger partial charge in [0.25, 0.3) is 0 Å². The molecule has 0 aliphatic carbocycles. The van der Waals surface area contributed by atoms with Gasteiger partial charge in [0.2, 0.25) is 0 Å². The molecular formula is C48H30N4O. The van der Waals surface area contributed by atoms with Crippen LogP contribution >= 0.6 is 0 Å². The van der Waals surface area contributed by atoms with Crippen LogP contribution in [0.25, 0.3) is 100 Å². The largest absolute Gasteiger partial charge is 0.454 e. The molecule has 248 valence electrons. The molecule has 0 fully saturated rings. The molecule has 53 heavy (non-hydrogen) atoms. The van der Waals surface area contributed by atoms with Crippen LogP contribution in [-0.4, -0.2) is 19.9 Å². The summed E-state index contributed by atoms with van der Waals surface area (Å²) in [5.74, 6) is 0. The van der Waals surface area contributed by atoms with E-state index in [1.54, 1.807) is 12.4 Å². The van der Waals surface area contributed by atoms with Crippen LogP contribution in [0.4, 0.5) is 0 Å². The molecule has 5 heterocycles. The summed E-state index contributed by atoms with van der Waals surface area (Å²) in [6.07, 6.45) is 3.60. The minimum Gasteiger partial charge on any atom is -0.454 e. The Labute approximate surface area is 305 Å². The maximum atomic E-state index is 6.58. The fourth-order valence-electron chi connectivity index (χ4n) is 7.29. The highest BCUT2D eigenvalue weighted by molar-refractivity contribution is 6.24. The van der Waals surface area contributed by atoms with Gasteiger partial charge in [-0.1, -0.05) is 109 Å². The van der Waals surface area contributed by atoms with E-state index in [2.05, 4.69) is 113 Å². The van der Waals surface area contributed by atoms with E-state index in [0.29, 0.717) is 0 Å². The number of benzene rings is 5. The number of pyridine rings is 4. The number of rotatable bonds is 6. The summed E-state index contributed by atoms with van der Waals surface area (Å²) in [6.45, 7) is 0. The minimum atomic E-state index is 0.800. The third-order valence-electron chi connectivity index (χ3n) is 9.77. The van der Waals surface area contributed by atoms with Crippen molar-refractivity contribution in [3.05, 3.63) is 182 Å². The molecule has 10 aromatic rings. The molecule has 0 atom stereocenters. The first-order valence-corrected chi connectivity index (χ1v) is 17.6. The second-order valence-corrected chi connectivity index (χ2v) is 13.0. The molecule has 0 aliphatic heterocycles. The number of furan rings is 1. The summed E-state index contributed by atoms with van der Waals surface area (Å²) in [4.78, 5) is 19.4. The Bertz CT molecular complexity index is 2880. The van der Waals surface area contributed by atoms with Gasteiger partial charge >= 0.3 is 0 Å². The van der Waals surface area contributed by atoms with Gasteiger partial charge in [0.05, 0.1) is 28.3 Å². The van der Waals surface area contributed by atoms with Gasteiger partial charge < -0.3 is 4.42 Å². The van der Waals surface area contributed by atoms with Crippen LogP contribution in [0.3, 0.4) is 0 Å². The van der Waals surface area contributed by atoms with Gasteiger partial charge in [-0.05, 0) is 94.0 Å². The zero-order valence-corrected chi connectivity index (χ0v) is 28.5. The van der Waals surface area contributed by atoms with Crippen molar-refractivity contribution in [2.45, 2.75) is 0 Å². The highest BCUT2D eigenvalue weighted by Gasteiger charge is 2.20. The highest BCUT2D eigenvalue weighted by Crippen LogP contribution is 2.43. The predicted octanol–water partition coefficient (Wildman–Crippen LogP) is 12.3. The molecule has 0 N–H and O–H groups in total. The van der Waals surface area contributed by atoms with Crippen molar-refractivity contribution >= 4 is 32.8 Å². The molecule has 10 rings (SSSR count). The van der Waals surface area contributed by atoms with E-state index in [-0.39, 0.29) is 0 Å². The average molecular weight is 679 g/mol. The normalized spacial score (nSPS) is 11.4. The van der Waals surface area contributed by atoms with Crippen LogP contribution in [0.1, 0.15) is 0 Å². The van der Waals surface area contributed by atoms with Crippen molar-refractivity contribution < 1.29 is 4.42 Å². The summed E-state index contributed by atoms with van der Waals surface area (Å²) in [6, 6.07) is 58.4. The molecular weight excluding hydrogens is 649 g/mol. The number of nitrogens with zero attached hydrogens (tertiary/aromatic N) is 4. The summed E-state index contributed by atoms with van der Waals surface area (Å²) in [5.41, 5.74) is 14.3. The molecule has 5 aromatic heterocycles. The average Bonchev–Trinajstić information content (AvgIpc) is 3.64. The predicted molar refractivity (Wildman–Crippen MR) is 215 cm³/mol. The Hall–Kier alpha value is -7.24. The van der Waals surface area contributed by atoms with Crippen molar-refractivity contribution in [1.82, 2.24) is 19.9 Å². The van der Waals surface area contributed by atoms with Gasteiger partial charge in [-0.3, -0.25) is 9.97 Å². The molecule has 5 aromatic carbocycles. The number of para-hydroxylation sites is 1. The Morgan fingerprint density at radius 3 is 1.66 bits per heavy atom. The molecule has 0 unspecified atom stereocenters. The monoisotopic (exact) mass is 678 g/mol. The smallest absolute Gasteiger partial charge is 0.162 e. The summed E-state index contributed by atoms with van der Waals surface area (Å²) in [7, 11) is 0. The zero-order valence-electron chi connectivity index (χ0n) is 28.5. The lowest BCUT2D eigenvalue weighted by Gasteiger charge is -2.13. The van der Waals surface area contributed by atoms with Gasteiger partial charge in [-0.2, -0.15) is 0 Å². The molecule has 0 saturated heterocycles. The van der Waals surface area contributed by atoms with Gasteiger partial charge in [-0.15, -0.1) is 0 Å². The van der Waals surface area contributed by atoms with Crippen molar-refractivity contribution in [3.63, 3.8) is 0 Å². The highest BCUT2D eigenvalue weighted by atomic mass is 16.3. The second kappa shape index (κ2) is 12.8. The Kier molecular flexibility index (Phi) is 7.40. The van der Waals surface area contributed by atoms with Gasteiger partial charge in [-0.25, -0.2) is 9.97 Å². The fourth-order valence-corrected chi connectivity index (χ4v) is 7.29. The topological polar surface area (TPSA) is 64.7 Å². The van der Waals surface area contributed by atoms with E-state index in [0.717, 1.165) is 100 Å². The molecule has 0 radical (unpaired) electrons. The lowest BCUT2D eigenvalue weighted by Crippen LogP contribution is -1.94. The SMILES string of the molecule is c1ccc(-c2nc3cccc(-c4cccc(-c5cccc(-c6cc(-c7ccccn7)nc(-c7ccccn7)c6)c5)c4)c3c3c2oc2ccccc23)cc1. The Balaban J connectivity index is 1.12. The third-order valence-corrected chi connectivity index (χ3v) is 9.77. The van der Waals surface area contributed by atoms with E-state index in [9.17, 15) is 0 Å². The first-order chi connectivity index (χ1) is 26.3. The van der Waals surface area contributed by atoms with Gasteiger partial charge in [0.15, 0.2) is 5.58 Å². The molecule has 0 amide bonds. The van der Waals surface area contributed by atoms with Crippen molar-refractivity contribution in [3.8, 4) is 67.4 Å².